The monoisotopic (exact) mass is 1040 g/mol. The van der Waals surface area contributed by atoms with Crippen LogP contribution in [0.15, 0.2) is 0 Å². The largest absolute Gasteiger partial charge is 1.00 e. The van der Waals surface area contributed by atoms with Gasteiger partial charge in [-0.2, -0.15) is 0 Å². The second-order valence-electron chi connectivity index (χ2n) is 16.6. The average molecular weight is 1040 g/mol. The molecule has 0 spiro atoms. The normalized spacial score (nSPS) is 22.6. The summed E-state index contributed by atoms with van der Waals surface area (Å²) in [6, 6.07) is 0. The van der Waals surface area contributed by atoms with Crippen molar-refractivity contribution in [1.82, 2.24) is 0 Å². The van der Waals surface area contributed by atoms with E-state index in [4.69, 9.17) is 23.4 Å². The minimum atomic E-state index is -5.88. The van der Waals surface area contributed by atoms with Gasteiger partial charge in [0.1, 0.15) is 43.2 Å². The van der Waals surface area contributed by atoms with Gasteiger partial charge in [0, 0.05) is 12.8 Å². The molecule has 0 amide bonds. The number of carbonyl (C=O) groups excluding carboxylic acids is 2. The van der Waals surface area contributed by atoms with Crippen LogP contribution in [0.4, 0.5) is 0 Å². The molecule has 0 aromatic rings. The van der Waals surface area contributed by atoms with Gasteiger partial charge in [-0.15, -0.1) is 0 Å². The standard InChI is InChI=1S/C41H81O19P3.3Na/c1-3-5-7-9-11-13-15-17-19-21-23-25-27-29-34(42)55-31-33(57-35(43)30-28-26-24-22-20-18-16-14-12-10-8-6-4-2)32-56-63(53,54)60-39-36(44)37(45)40(58-61(47,48)49)41(38(39)46)59-62(50,51)52;;;/h33,36-41,44-46H,3-32H2,1-2H3,(H,53,54)(H2,47,48,49)(H2,50,51,52);;;/q;3*+1/p-3/t33-,36-,37-,38+,39+,40+,41+;;;/m1.../s1. The second kappa shape index (κ2) is 42.5. The van der Waals surface area contributed by atoms with Crippen LogP contribution in [0, 0.1) is 0 Å². The minimum Gasteiger partial charge on any atom is -0.756 e. The molecule has 10 atom stereocenters. The van der Waals surface area contributed by atoms with Crippen LogP contribution < -0.4 is 103 Å². The van der Waals surface area contributed by atoms with Crippen molar-refractivity contribution < 1.29 is 179 Å². The van der Waals surface area contributed by atoms with E-state index >= 15 is 0 Å². The van der Waals surface area contributed by atoms with Crippen LogP contribution in [0.25, 0.3) is 0 Å². The summed E-state index contributed by atoms with van der Waals surface area (Å²) in [5.41, 5.74) is 0. The number of rotatable bonds is 40. The number of hydrogen-bond donors (Lipinski definition) is 5. The first-order valence-corrected chi connectivity index (χ1v) is 27.7. The van der Waals surface area contributed by atoms with Gasteiger partial charge in [0.25, 0.3) is 23.5 Å². The number of esters is 2. The predicted octanol–water partition coefficient (Wildman–Crippen LogP) is -2.93. The first kappa shape index (κ1) is 72.4. The summed E-state index contributed by atoms with van der Waals surface area (Å²) in [7, 11) is -17.4. The zero-order valence-electron chi connectivity index (χ0n) is 40.5. The van der Waals surface area contributed by atoms with Gasteiger partial charge in [-0.05, 0) is 12.8 Å². The molecule has 0 aromatic heterocycles. The zero-order valence-corrected chi connectivity index (χ0v) is 49.2. The van der Waals surface area contributed by atoms with Crippen molar-refractivity contribution in [2.45, 2.75) is 236 Å². The Morgan fingerprint density at radius 3 is 1.15 bits per heavy atom. The van der Waals surface area contributed by atoms with Crippen molar-refractivity contribution >= 4 is 35.4 Å². The van der Waals surface area contributed by atoms with E-state index in [1.807, 2.05) is 0 Å². The molecule has 1 saturated carbocycles. The van der Waals surface area contributed by atoms with Crippen LogP contribution in [-0.2, 0) is 50.9 Å². The van der Waals surface area contributed by atoms with Crippen molar-refractivity contribution in [3.05, 3.63) is 0 Å². The van der Waals surface area contributed by atoms with Gasteiger partial charge in [0.15, 0.2) is 6.10 Å². The number of hydrogen-bond acceptors (Lipinski definition) is 17. The number of aliphatic hydroxyl groups is 3. The van der Waals surface area contributed by atoms with Crippen LogP contribution in [0.2, 0.25) is 0 Å². The molecule has 1 rings (SSSR count). The van der Waals surface area contributed by atoms with Crippen LogP contribution in [0.1, 0.15) is 194 Å². The summed E-state index contributed by atoms with van der Waals surface area (Å²) >= 11 is 0. The van der Waals surface area contributed by atoms with Crippen molar-refractivity contribution in [2.24, 2.45) is 0 Å². The first-order chi connectivity index (χ1) is 29.8. The van der Waals surface area contributed by atoms with Gasteiger partial charge in [0.05, 0.1) is 6.61 Å². The fourth-order valence-electron chi connectivity index (χ4n) is 7.39. The Morgan fingerprint density at radius 1 is 0.470 bits per heavy atom. The second-order valence-corrected chi connectivity index (χ2v) is 20.3. The molecule has 0 heterocycles. The number of unbranched alkanes of at least 4 members (excludes halogenated alkanes) is 24. The third kappa shape index (κ3) is 37.8. The van der Waals surface area contributed by atoms with Gasteiger partial charge in [-0.3, -0.25) is 23.3 Å². The molecule has 0 saturated heterocycles. The Labute approximate surface area is 460 Å². The molecular weight excluding hydrogens is 958 g/mol. The number of phosphoric ester groups is 3. The maximum atomic E-state index is 12.9. The van der Waals surface area contributed by atoms with Crippen LogP contribution in [-0.4, -0.2) is 93.0 Å². The summed E-state index contributed by atoms with van der Waals surface area (Å²) < 4.78 is 64.3. The molecule has 66 heavy (non-hydrogen) atoms. The first-order valence-electron chi connectivity index (χ1n) is 23.3. The maximum absolute atomic E-state index is 12.9. The van der Waals surface area contributed by atoms with Crippen molar-refractivity contribution in [1.29, 1.82) is 0 Å². The number of ether oxygens (including phenoxy) is 2. The van der Waals surface area contributed by atoms with Gasteiger partial charge in [-0.25, -0.2) is 0 Å². The molecule has 374 valence electrons. The number of phosphoric acid groups is 3. The summed E-state index contributed by atoms with van der Waals surface area (Å²) in [4.78, 5) is 79.4. The van der Waals surface area contributed by atoms with E-state index in [9.17, 15) is 58.2 Å². The van der Waals surface area contributed by atoms with Gasteiger partial charge in [0.2, 0.25) is 0 Å². The summed E-state index contributed by atoms with van der Waals surface area (Å²) in [6.45, 7) is 2.81. The van der Waals surface area contributed by atoms with Crippen molar-refractivity contribution in [2.75, 3.05) is 13.2 Å². The van der Waals surface area contributed by atoms with E-state index in [0.29, 0.717) is 12.8 Å². The molecule has 1 fully saturated rings. The fraction of sp³-hybridized carbons (Fsp3) is 0.951. The van der Waals surface area contributed by atoms with Crippen molar-refractivity contribution in [3.63, 3.8) is 0 Å². The van der Waals surface area contributed by atoms with Gasteiger partial charge < -0.3 is 67.4 Å². The maximum Gasteiger partial charge on any atom is 1.00 e. The molecule has 19 nitrogen and oxygen atoms in total. The number of carbonyl (C=O) groups is 2. The van der Waals surface area contributed by atoms with E-state index in [1.54, 1.807) is 0 Å². The third-order valence-corrected chi connectivity index (χ3v) is 12.9. The molecule has 25 heteroatoms. The van der Waals surface area contributed by atoms with E-state index in [0.717, 1.165) is 57.8 Å². The van der Waals surface area contributed by atoms with Gasteiger partial charge in [-0.1, -0.05) is 168 Å². The average Bonchev–Trinajstić information content (AvgIpc) is 3.20. The van der Waals surface area contributed by atoms with E-state index in [2.05, 4.69) is 22.9 Å². The number of aliphatic hydroxyl groups excluding tert-OH is 3. The molecule has 0 aliphatic heterocycles. The molecule has 3 unspecified atom stereocenters. The van der Waals surface area contributed by atoms with E-state index < -0.39 is 91.3 Å². The fourth-order valence-corrected chi connectivity index (χ4v) is 9.45. The third-order valence-electron chi connectivity index (χ3n) is 10.9. The minimum absolute atomic E-state index is 0. The molecule has 1 aliphatic carbocycles. The predicted molar refractivity (Wildman–Crippen MR) is 227 cm³/mol. The van der Waals surface area contributed by atoms with Crippen LogP contribution in [0.5, 0.6) is 0 Å². The Hall–Kier alpha value is 2.15. The Balaban J connectivity index is -0.0000132. The SMILES string of the molecule is CCCCCCCCCCCCCCCC(=O)OC[C@H](COP(=O)([O-])O[C@H]1[C@H](O)[C@@H](O)[C@H](OP(=O)([O-])O)[C@@H](OP(=O)([O-])O)[C@H]1O)OC(=O)CCCCCCCCCCCCCCC.[Na+].[Na+].[Na+]. The summed E-state index contributed by atoms with van der Waals surface area (Å²) in [5.74, 6) is -1.34. The smallest absolute Gasteiger partial charge is 0.756 e. The molecule has 0 radical (unpaired) electrons. The van der Waals surface area contributed by atoms with E-state index in [-0.39, 0.29) is 102 Å². The molecule has 1 aliphatic rings. The quantitative estimate of drug-likeness (QED) is 0.0178. The van der Waals surface area contributed by atoms with Crippen molar-refractivity contribution in [3.8, 4) is 0 Å². The molecule has 0 aromatic carbocycles. The van der Waals surface area contributed by atoms with E-state index in [1.165, 1.54) is 96.3 Å². The Morgan fingerprint density at radius 2 is 0.788 bits per heavy atom. The van der Waals surface area contributed by atoms with Gasteiger partial charge >= 0.3 is 101 Å². The van der Waals surface area contributed by atoms with Crippen LogP contribution >= 0.6 is 23.5 Å². The van der Waals surface area contributed by atoms with Crippen LogP contribution in [0.3, 0.4) is 0 Å². The zero-order chi connectivity index (χ0) is 47.2. The Kier molecular flexibility index (Phi) is 46.6. The molecule has 5 N–H and O–H groups in total. The summed E-state index contributed by atoms with van der Waals surface area (Å²) in [5, 5.41) is 31.6. The summed E-state index contributed by atoms with van der Waals surface area (Å²) in [6.07, 6.45) is 11.7. The molecule has 0 bridgehead atoms. The topological polar surface area (TPSA) is 311 Å². The Bertz CT molecular complexity index is 1360. The molecular formula is C41H78Na3O19P3.